The summed E-state index contributed by atoms with van der Waals surface area (Å²) in [4.78, 5) is 14.3. The van der Waals surface area contributed by atoms with Gasteiger partial charge in [-0.1, -0.05) is 0 Å². The highest BCUT2D eigenvalue weighted by atomic mass is 32.2. The molecule has 8 heteroatoms. The number of aryl methyl sites for hydroxylation is 1. The molecule has 7 nitrogen and oxygen atoms in total. The van der Waals surface area contributed by atoms with E-state index in [-0.39, 0.29) is 17.9 Å². The molecule has 1 aliphatic heterocycles. The standard InChI is InChI=1S/C14H23N3O4S/c1-10-12(5-6-21-10)14(18)15-13-9-17(22(4,19)20)8-11(13)7-16(2)3/h5-6,11,13H,7-9H2,1-4H3,(H,15,18)/t11-,13-/m1/s1. The number of carbonyl (C=O) groups is 1. The number of sulfonamides is 1. The van der Waals surface area contributed by atoms with Crippen molar-refractivity contribution in [3.63, 3.8) is 0 Å². The van der Waals surface area contributed by atoms with Gasteiger partial charge in [-0.05, 0) is 27.1 Å². The van der Waals surface area contributed by atoms with Crippen LogP contribution in [-0.4, -0.2) is 69.6 Å². The average molecular weight is 329 g/mol. The lowest BCUT2D eigenvalue weighted by atomic mass is 10.0. The summed E-state index contributed by atoms with van der Waals surface area (Å²) in [7, 11) is 0.609. The summed E-state index contributed by atoms with van der Waals surface area (Å²) in [6, 6.07) is 1.41. The van der Waals surface area contributed by atoms with Crippen LogP contribution in [0.4, 0.5) is 0 Å². The number of hydrogen-bond acceptors (Lipinski definition) is 5. The van der Waals surface area contributed by atoms with Crippen LogP contribution < -0.4 is 5.32 Å². The van der Waals surface area contributed by atoms with Gasteiger partial charge in [0.2, 0.25) is 10.0 Å². The summed E-state index contributed by atoms with van der Waals surface area (Å²) in [5.41, 5.74) is 0.487. The molecule has 0 unspecified atom stereocenters. The molecule has 1 fully saturated rings. The molecule has 2 atom stereocenters. The van der Waals surface area contributed by atoms with E-state index in [0.717, 1.165) is 0 Å². The Morgan fingerprint density at radius 3 is 2.64 bits per heavy atom. The molecule has 0 spiro atoms. The molecule has 2 rings (SSSR count). The Labute approximate surface area is 131 Å². The largest absolute Gasteiger partial charge is 0.469 e. The fraction of sp³-hybridized carbons (Fsp3) is 0.643. The molecule has 1 amide bonds. The summed E-state index contributed by atoms with van der Waals surface area (Å²) in [6.07, 6.45) is 2.67. The Balaban J connectivity index is 2.12. The smallest absolute Gasteiger partial charge is 0.255 e. The lowest BCUT2D eigenvalue weighted by Crippen LogP contribution is -2.43. The molecule has 0 radical (unpaired) electrons. The Kier molecular flexibility index (Phi) is 4.93. The summed E-state index contributed by atoms with van der Waals surface area (Å²) < 4.78 is 30.1. The van der Waals surface area contributed by atoms with Gasteiger partial charge in [0.15, 0.2) is 0 Å². The van der Waals surface area contributed by atoms with E-state index in [9.17, 15) is 13.2 Å². The zero-order chi connectivity index (χ0) is 16.5. The van der Waals surface area contributed by atoms with Crippen molar-refractivity contribution in [1.29, 1.82) is 0 Å². The van der Waals surface area contributed by atoms with Gasteiger partial charge in [-0.2, -0.15) is 4.31 Å². The number of amides is 1. The Morgan fingerprint density at radius 1 is 1.45 bits per heavy atom. The van der Waals surface area contributed by atoms with Crippen molar-refractivity contribution in [3.05, 3.63) is 23.7 Å². The van der Waals surface area contributed by atoms with Crippen LogP contribution in [0.5, 0.6) is 0 Å². The number of hydrogen-bond donors (Lipinski definition) is 1. The van der Waals surface area contributed by atoms with Crippen LogP contribution in [-0.2, 0) is 10.0 Å². The van der Waals surface area contributed by atoms with Gasteiger partial charge in [-0.3, -0.25) is 4.79 Å². The monoisotopic (exact) mass is 329 g/mol. The van der Waals surface area contributed by atoms with Crippen molar-refractivity contribution in [1.82, 2.24) is 14.5 Å². The molecular formula is C14H23N3O4S. The Morgan fingerprint density at radius 2 is 2.14 bits per heavy atom. The molecule has 1 saturated heterocycles. The lowest BCUT2D eigenvalue weighted by Gasteiger charge is -2.22. The first kappa shape index (κ1) is 17.0. The summed E-state index contributed by atoms with van der Waals surface area (Å²) in [5, 5.41) is 2.95. The average Bonchev–Trinajstić information content (AvgIpc) is 2.95. The molecule has 1 aromatic rings. The quantitative estimate of drug-likeness (QED) is 0.831. The predicted molar refractivity (Wildman–Crippen MR) is 83.2 cm³/mol. The SMILES string of the molecule is Cc1occc1C(=O)N[C@@H]1CN(S(C)(=O)=O)C[C@H]1CN(C)C. The zero-order valence-electron chi connectivity index (χ0n) is 13.4. The number of carbonyl (C=O) groups excluding carboxylic acids is 1. The van der Waals surface area contributed by atoms with Gasteiger partial charge in [0.25, 0.3) is 5.91 Å². The first-order chi connectivity index (χ1) is 10.2. The highest BCUT2D eigenvalue weighted by molar-refractivity contribution is 7.88. The van der Waals surface area contributed by atoms with Gasteiger partial charge >= 0.3 is 0 Å². The van der Waals surface area contributed by atoms with E-state index in [2.05, 4.69) is 5.32 Å². The minimum Gasteiger partial charge on any atom is -0.469 e. The molecule has 124 valence electrons. The lowest BCUT2D eigenvalue weighted by molar-refractivity contribution is 0.0926. The topological polar surface area (TPSA) is 82.9 Å². The molecular weight excluding hydrogens is 306 g/mol. The van der Waals surface area contributed by atoms with Gasteiger partial charge in [0.1, 0.15) is 5.76 Å². The van der Waals surface area contributed by atoms with E-state index < -0.39 is 10.0 Å². The minimum absolute atomic E-state index is 0.0564. The third-order valence-electron chi connectivity index (χ3n) is 3.90. The number of nitrogens with one attached hydrogen (secondary N) is 1. The first-order valence-electron chi connectivity index (χ1n) is 7.13. The molecule has 0 aliphatic carbocycles. The van der Waals surface area contributed by atoms with Crippen molar-refractivity contribution in [3.8, 4) is 0 Å². The number of furan rings is 1. The van der Waals surface area contributed by atoms with Crippen molar-refractivity contribution in [2.24, 2.45) is 5.92 Å². The fourth-order valence-electron chi connectivity index (χ4n) is 2.79. The maximum Gasteiger partial charge on any atom is 0.255 e. The number of nitrogens with zero attached hydrogens (tertiary/aromatic N) is 2. The number of rotatable bonds is 5. The molecule has 2 heterocycles. The third-order valence-corrected chi connectivity index (χ3v) is 5.13. The maximum atomic E-state index is 12.3. The molecule has 22 heavy (non-hydrogen) atoms. The molecule has 1 aliphatic rings. The van der Waals surface area contributed by atoms with Crippen LogP contribution in [0.3, 0.4) is 0 Å². The minimum atomic E-state index is -3.26. The van der Waals surface area contributed by atoms with Crippen molar-refractivity contribution < 1.29 is 17.6 Å². The van der Waals surface area contributed by atoms with E-state index in [4.69, 9.17) is 4.42 Å². The first-order valence-corrected chi connectivity index (χ1v) is 8.98. The summed E-state index contributed by atoms with van der Waals surface area (Å²) in [6.45, 7) is 3.16. The van der Waals surface area contributed by atoms with Crippen LogP contribution in [0.15, 0.2) is 16.7 Å². The Bertz CT molecular complexity index is 638. The maximum absolute atomic E-state index is 12.3. The Hall–Kier alpha value is -1.38. The van der Waals surface area contributed by atoms with Crippen LogP contribution in [0, 0.1) is 12.8 Å². The van der Waals surface area contributed by atoms with E-state index in [1.54, 1.807) is 13.0 Å². The molecule has 1 N–H and O–H groups in total. The second kappa shape index (κ2) is 6.39. The van der Waals surface area contributed by atoms with E-state index in [0.29, 0.717) is 31.0 Å². The van der Waals surface area contributed by atoms with Gasteiger partial charge in [-0.15, -0.1) is 0 Å². The second-order valence-electron chi connectivity index (χ2n) is 6.07. The van der Waals surface area contributed by atoms with Crippen LogP contribution in [0.25, 0.3) is 0 Å². The van der Waals surface area contributed by atoms with Gasteiger partial charge in [-0.25, -0.2) is 8.42 Å². The van der Waals surface area contributed by atoms with Gasteiger partial charge < -0.3 is 14.6 Å². The van der Waals surface area contributed by atoms with E-state index in [1.807, 2.05) is 19.0 Å². The van der Waals surface area contributed by atoms with Gasteiger partial charge in [0, 0.05) is 31.6 Å². The van der Waals surface area contributed by atoms with Gasteiger partial charge in [0.05, 0.1) is 18.1 Å². The van der Waals surface area contributed by atoms with E-state index >= 15 is 0 Å². The highest BCUT2D eigenvalue weighted by Gasteiger charge is 2.38. The van der Waals surface area contributed by atoms with Crippen LogP contribution in [0.1, 0.15) is 16.1 Å². The molecule has 1 aromatic heterocycles. The molecule has 0 saturated carbocycles. The molecule has 0 bridgehead atoms. The van der Waals surface area contributed by atoms with Crippen LogP contribution >= 0.6 is 0 Å². The second-order valence-corrected chi connectivity index (χ2v) is 8.06. The third kappa shape index (κ3) is 3.88. The molecule has 0 aromatic carbocycles. The van der Waals surface area contributed by atoms with Crippen molar-refractivity contribution >= 4 is 15.9 Å². The summed E-state index contributed by atoms with van der Waals surface area (Å²) >= 11 is 0. The fourth-order valence-corrected chi connectivity index (χ4v) is 3.68. The predicted octanol–water partition coefficient (Wildman–Crippen LogP) is 0.139. The normalized spacial score (nSPS) is 23.1. The zero-order valence-corrected chi connectivity index (χ0v) is 14.2. The highest BCUT2D eigenvalue weighted by Crippen LogP contribution is 2.21. The summed E-state index contributed by atoms with van der Waals surface area (Å²) in [5.74, 6) is 0.385. The van der Waals surface area contributed by atoms with Crippen molar-refractivity contribution in [2.45, 2.75) is 13.0 Å². The van der Waals surface area contributed by atoms with Crippen molar-refractivity contribution in [2.75, 3.05) is 40.0 Å². The van der Waals surface area contributed by atoms with Crippen LogP contribution in [0.2, 0.25) is 0 Å². The van der Waals surface area contributed by atoms with E-state index in [1.165, 1.54) is 16.8 Å².